The first-order chi connectivity index (χ1) is 10.2. The molecule has 1 unspecified atom stereocenters. The summed E-state index contributed by atoms with van der Waals surface area (Å²) in [6, 6.07) is 0.575. The van der Waals surface area contributed by atoms with Crippen molar-refractivity contribution in [3.8, 4) is 0 Å². The third-order valence-corrected chi connectivity index (χ3v) is 4.17. The molecule has 2 aromatic heterocycles. The highest BCUT2D eigenvalue weighted by Gasteiger charge is 2.25. The van der Waals surface area contributed by atoms with Crippen LogP contribution in [0.15, 0.2) is 6.20 Å². The number of hydrogen-bond acceptors (Lipinski definition) is 7. The molecule has 3 rings (SSSR count). The molecule has 2 aromatic rings. The van der Waals surface area contributed by atoms with Crippen LogP contribution in [0.4, 0.5) is 11.8 Å². The number of hydrogen-bond donors (Lipinski definition) is 3. The number of nitrogens with two attached hydrogens (primary N) is 1. The molecule has 0 amide bonds. The molecule has 21 heavy (non-hydrogen) atoms. The fourth-order valence-electron chi connectivity index (χ4n) is 3.10. The number of aromatic amines is 1. The Balaban J connectivity index is 1.86. The smallest absolute Gasteiger partial charge is 0.241 e. The number of nitrogens with zero attached hydrogens (tertiary/aromatic N) is 5. The Hall–Kier alpha value is -1.93. The lowest BCUT2D eigenvalue weighted by Gasteiger charge is -2.28. The van der Waals surface area contributed by atoms with Gasteiger partial charge in [-0.15, -0.1) is 0 Å². The van der Waals surface area contributed by atoms with Crippen LogP contribution in [0, 0.1) is 0 Å². The van der Waals surface area contributed by atoms with E-state index in [1.807, 2.05) is 0 Å². The Morgan fingerprint density at radius 1 is 1.52 bits per heavy atom. The number of anilines is 2. The van der Waals surface area contributed by atoms with E-state index in [1.54, 1.807) is 6.20 Å². The van der Waals surface area contributed by atoms with E-state index in [-0.39, 0.29) is 0 Å². The van der Waals surface area contributed by atoms with Gasteiger partial charge in [0.25, 0.3) is 0 Å². The fourth-order valence-corrected chi connectivity index (χ4v) is 3.10. The van der Waals surface area contributed by atoms with Gasteiger partial charge in [-0.3, -0.25) is 15.4 Å². The molecule has 8 nitrogen and oxygen atoms in total. The van der Waals surface area contributed by atoms with Crippen LogP contribution in [0.25, 0.3) is 11.0 Å². The molecule has 1 atom stereocenters. The zero-order valence-corrected chi connectivity index (χ0v) is 12.5. The van der Waals surface area contributed by atoms with Gasteiger partial charge < -0.3 is 4.90 Å². The minimum atomic E-state index is 0.396. The largest absolute Gasteiger partial charge is 0.357 e. The Labute approximate surface area is 123 Å². The molecule has 0 aliphatic carbocycles. The minimum absolute atomic E-state index is 0.396. The second-order valence-electron chi connectivity index (χ2n) is 5.45. The monoisotopic (exact) mass is 290 g/mol. The third kappa shape index (κ3) is 2.64. The summed E-state index contributed by atoms with van der Waals surface area (Å²) in [5.74, 6) is 6.70. The standard InChI is InChI=1S/C13H22N8/c1-3-21-6-4-5-9(21)8-20(2)12-10-7-15-19-11(10)16-13(17-12)18-14/h7,9H,3-6,8,14H2,1-2H3,(H2,15,16,17,18,19). The predicted octanol–water partition coefficient (Wildman–Crippen LogP) is 0.559. The lowest BCUT2D eigenvalue weighted by molar-refractivity contribution is 0.270. The van der Waals surface area contributed by atoms with Gasteiger partial charge in [0.1, 0.15) is 5.82 Å². The van der Waals surface area contributed by atoms with Crippen LogP contribution < -0.4 is 16.2 Å². The quantitative estimate of drug-likeness (QED) is 0.546. The number of rotatable bonds is 5. The van der Waals surface area contributed by atoms with Gasteiger partial charge in [0.15, 0.2) is 5.65 Å². The van der Waals surface area contributed by atoms with Crippen molar-refractivity contribution in [3.05, 3.63) is 6.20 Å². The van der Waals surface area contributed by atoms with Gasteiger partial charge in [-0.2, -0.15) is 15.1 Å². The van der Waals surface area contributed by atoms with Crippen molar-refractivity contribution in [3.63, 3.8) is 0 Å². The van der Waals surface area contributed by atoms with Crippen LogP contribution >= 0.6 is 0 Å². The topological polar surface area (TPSA) is 99.0 Å². The number of likely N-dealkylation sites (N-methyl/N-ethyl adjacent to an activating group) is 2. The van der Waals surface area contributed by atoms with E-state index < -0.39 is 0 Å². The summed E-state index contributed by atoms with van der Waals surface area (Å²) in [4.78, 5) is 13.4. The first-order valence-electron chi connectivity index (χ1n) is 7.35. The van der Waals surface area contributed by atoms with Crippen molar-refractivity contribution < 1.29 is 0 Å². The van der Waals surface area contributed by atoms with E-state index in [1.165, 1.54) is 19.4 Å². The average molecular weight is 290 g/mol. The SMILES string of the molecule is CCN1CCCC1CN(C)c1nc(NN)nc2[nH]ncc12. The lowest BCUT2D eigenvalue weighted by atomic mass is 10.2. The molecular weight excluding hydrogens is 268 g/mol. The minimum Gasteiger partial charge on any atom is -0.357 e. The van der Waals surface area contributed by atoms with Gasteiger partial charge in [-0.1, -0.05) is 6.92 Å². The van der Waals surface area contributed by atoms with Crippen molar-refractivity contribution in [2.75, 3.05) is 37.0 Å². The maximum Gasteiger partial charge on any atom is 0.241 e. The molecule has 0 spiro atoms. The summed E-state index contributed by atoms with van der Waals surface area (Å²) in [6.07, 6.45) is 4.26. The summed E-state index contributed by atoms with van der Waals surface area (Å²) < 4.78 is 0. The molecule has 0 bridgehead atoms. The van der Waals surface area contributed by atoms with Crippen molar-refractivity contribution in [2.24, 2.45) is 5.84 Å². The normalized spacial score (nSPS) is 19.3. The highest BCUT2D eigenvalue weighted by molar-refractivity contribution is 5.87. The molecule has 8 heteroatoms. The summed E-state index contributed by atoms with van der Waals surface area (Å²) in [7, 11) is 2.06. The molecule has 0 saturated carbocycles. The van der Waals surface area contributed by atoms with Gasteiger partial charge >= 0.3 is 0 Å². The van der Waals surface area contributed by atoms with Crippen molar-refractivity contribution >= 4 is 22.8 Å². The maximum atomic E-state index is 5.45. The summed E-state index contributed by atoms with van der Waals surface area (Å²) >= 11 is 0. The van der Waals surface area contributed by atoms with E-state index in [4.69, 9.17) is 5.84 Å². The zero-order chi connectivity index (χ0) is 14.8. The van der Waals surface area contributed by atoms with Gasteiger partial charge in [-0.05, 0) is 25.9 Å². The molecule has 0 radical (unpaired) electrons. The molecule has 114 valence electrons. The van der Waals surface area contributed by atoms with Crippen LogP contribution in [0.5, 0.6) is 0 Å². The number of nitrogen functional groups attached to an aromatic ring is 1. The zero-order valence-electron chi connectivity index (χ0n) is 12.5. The van der Waals surface area contributed by atoms with Crippen LogP contribution in [-0.4, -0.2) is 57.8 Å². The van der Waals surface area contributed by atoms with E-state index in [0.29, 0.717) is 17.6 Å². The molecule has 3 heterocycles. The summed E-state index contributed by atoms with van der Waals surface area (Å²) in [5, 5.41) is 7.83. The van der Waals surface area contributed by atoms with Crippen LogP contribution in [0.3, 0.4) is 0 Å². The van der Waals surface area contributed by atoms with E-state index in [9.17, 15) is 0 Å². The van der Waals surface area contributed by atoms with Crippen LogP contribution in [-0.2, 0) is 0 Å². The molecule has 1 aliphatic heterocycles. The molecular formula is C13H22N8. The first-order valence-corrected chi connectivity index (χ1v) is 7.35. The Morgan fingerprint density at radius 3 is 3.14 bits per heavy atom. The van der Waals surface area contributed by atoms with E-state index in [0.717, 1.165) is 24.3 Å². The fraction of sp³-hybridized carbons (Fsp3) is 0.615. The first kappa shape index (κ1) is 14.0. The highest BCUT2D eigenvalue weighted by Crippen LogP contribution is 2.25. The second kappa shape index (κ2) is 5.82. The summed E-state index contributed by atoms with van der Waals surface area (Å²) in [5.41, 5.74) is 3.20. The van der Waals surface area contributed by atoms with E-state index in [2.05, 4.69) is 49.4 Å². The van der Waals surface area contributed by atoms with Gasteiger partial charge in [0.05, 0.1) is 11.6 Å². The Morgan fingerprint density at radius 2 is 2.38 bits per heavy atom. The third-order valence-electron chi connectivity index (χ3n) is 4.17. The number of aromatic nitrogens is 4. The van der Waals surface area contributed by atoms with Crippen molar-refractivity contribution in [1.29, 1.82) is 0 Å². The molecule has 4 N–H and O–H groups in total. The predicted molar refractivity (Wildman–Crippen MR) is 83.0 cm³/mol. The molecule has 1 fully saturated rings. The van der Waals surface area contributed by atoms with Gasteiger partial charge in [0, 0.05) is 19.6 Å². The van der Waals surface area contributed by atoms with Crippen LogP contribution in [0.1, 0.15) is 19.8 Å². The van der Waals surface area contributed by atoms with Crippen LogP contribution in [0.2, 0.25) is 0 Å². The second-order valence-corrected chi connectivity index (χ2v) is 5.45. The number of nitrogens with one attached hydrogen (secondary N) is 2. The summed E-state index contributed by atoms with van der Waals surface area (Å²) in [6.45, 7) is 5.44. The average Bonchev–Trinajstić information content (AvgIpc) is 3.14. The van der Waals surface area contributed by atoms with E-state index >= 15 is 0 Å². The number of likely N-dealkylation sites (tertiary alicyclic amines) is 1. The molecule has 1 saturated heterocycles. The highest BCUT2D eigenvalue weighted by atomic mass is 15.3. The lowest BCUT2D eigenvalue weighted by Crippen LogP contribution is -2.39. The molecule has 0 aromatic carbocycles. The maximum absolute atomic E-state index is 5.45. The number of fused-ring (bicyclic) bond motifs is 1. The van der Waals surface area contributed by atoms with Gasteiger partial charge in [-0.25, -0.2) is 5.84 Å². The van der Waals surface area contributed by atoms with Gasteiger partial charge in [0.2, 0.25) is 5.95 Å². The van der Waals surface area contributed by atoms with Crippen molar-refractivity contribution in [1.82, 2.24) is 25.1 Å². The Bertz CT molecular complexity index is 609. The number of hydrazine groups is 1. The number of H-pyrrole nitrogens is 1. The van der Waals surface area contributed by atoms with Crippen molar-refractivity contribution in [2.45, 2.75) is 25.8 Å². The molecule has 1 aliphatic rings. The Kier molecular flexibility index (Phi) is 3.89.